The number of aromatic nitrogens is 1. The summed E-state index contributed by atoms with van der Waals surface area (Å²) < 4.78 is 16.7. The highest BCUT2D eigenvalue weighted by Gasteiger charge is 2.15. The monoisotopic (exact) mass is 447 g/mol. The third-order valence-electron chi connectivity index (χ3n) is 5.05. The molecule has 6 heteroatoms. The molecule has 0 bridgehead atoms. The minimum absolute atomic E-state index is 0.239. The van der Waals surface area contributed by atoms with Gasteiger partial charge in [-0.05, 0) is 42.8 Å². The summed E-state index contributed by atoms with van der Waals surface area (Å²) in [5.41, 5.74) is 3.77. The van der Waals surface area contributed by atoms with Crippen LogP contribution in [0, 0.1) is 6.92 Å². The van der Waals surface area contributed by atoms with Gasteiger partial charge >= 0.3 is 5.97 Å². The molecule has 0 aliphatic carbocycles. The van der Waals surface area contributed by atoms with Crippen molar-refractivity contribution in [1.82, 2.24) is 4.98 Å². The summed E-state index contributed by atoms with van der Waals surface area (Å²) in [4.78, 5) is 16.7. The molecule has 3 aromatic carbocycles. The second kappa shape index (κ2) is 9.71. The van der Waals surface area contributed by atoms with Crippen molar-refractivity contribution in [3.63, 3.8) is 0 Å². The summed E-state index contributed by atoms with van der Waals surface area (Å²) in [6.07, 6.45) is 0. The quantitative estimate of drug-likeness (QED) is 0.318. The number of hydrogen-bond acceptors (Lipinski definition) is 5. The number of esters is 1. The highest BCUT2D eigenvalue weighted by molar-refractivity contribution is 6.31. The molecule has 0 unspecified atom stereocenters. The third kappa shape index (κ3) is 5.01. The number of halogens is 1. The molecular weight excluding hydrogens is 426 g/mol. The van der Waals surface area contributed by atoms with Gasteiger partial charge in [0.05, 0.1) is 23.9 Å². The van der Waals surface area contributed by atoms with E-state index in [1.165, 1.54) is 7.11 Å². The van der Waals surface area contributed by atoms with Gasteiger partial charge in [0, 0.05) is 22.0 Å². The first-order valence-corrected chi connectivity index (χ1v) is 10.5. The standard InChI is InChI=1S/C26H22ClNO4/c1-17-5-3-6-19(25(17)26(29)30-2)15-31-22-7-4-8-23(14-22)32-16-21-12-10-18-9-11-20(27)13-24(18)28-21/h3-14H,15-16H2,1-2H3. The number of carbonyl (C=O) groups excluding carboxylic acids is 1. The molecule has 0 N–H and O–H groups in total. The first-order chi connectivity index (χ1) is 15.5. The van der Waals surface area contributed by atoms with Crippen molar-refractivity contribution >= 4 is 28.5 Å². The number of hydrogen-bond donors (Lipinski definition) is 0. The van der Waals surface area contributed by atoms with Gasteiger partial charge in [-0.3, -0.25) is 0 Å². The van der Waals surface area contributed by atoms with Gasteiger partial charge in [0.25, 0.3) is 0 Å². The summed E-state index contributed by atoms with van der Waals surface area (Å²) in [7, 11) is 1.37. The SMILES string of the molecule is COC(=O)c1c(C)cccc1COc1cccc(OCc2ccc3ccc(Cl)cc3n2)c1. The Balaban J connectivity index is 1.43. The van der Waals surface area contributed by atoms with Gasteiger partial charge in [-0.2, -0.15) is 0 Å². The van der Waals surface area contributed by atoms with Crippen LogP contribution in [-0.2, 0) is 18.0 Å². The molecule has 4 aromatic rings. The fourth-order valence-corrected chi connectivity index (χ4v) is 3.59. The van der Waals surface area contributed by atoms with E-state index in [1.54, 1.807) is 0 Å². The molecule has 0 radical (unpaired) electrons. The maximum absolute atomic E-state index is 12.1. The lowest BCUT2D eigenvalue weighted by molar-refractivity contribution is 0.0597. The number of pyridine rings is 1. The first-order valence-electron chi connectivity index (χ1n) is 10.1. The summed E-state index contributed by atoms with van der Waals surface area (Å²) in [6.45, 7) is 2.43. The zero-order valence-corrected chi connectivity index (χ0v) is 18.6. The zero-order chi connectivity index (χ0) is 22.5. The minimum Gasteiger partial charge on any atom is -0.489 e. The van der Waals surface area contributed by atoms with Crippen LogP contribution in [0.5, 0.6) is 11.5 Å². The van der Waals surface area contributed by atoms with Gasteiger partial charge < -0.3 is 14.2 Å². The van der Waals surface area contributed by atoms with Crippen LogP contribution in [0.1, 0.15) is 27.2 Å². The lowest BCUT2D eigenvalue weighted by atomic mass is 10.0. The minimum atomic E-state index is -0.372. The van der Waals surface area contributed by atoms with Crippen LogP contribution in [0.15, 0.2) is 72.8 Å². The van der Waals surface area contributed by atoms with E-state index in [2.05, 4.69) is 4.98 Å². The van der Waals surface area contributed by atoms with Gasteiger partial charge in [-0.15, -0.1) is 0 Å². The Hall–Kier alpha value is -3.57. The van der Waals surface area contributed by atoms with Crippen LogP contribution in [0.4, 0.5) is 0 Å². The number of fused-ring (bicyclic) bond motifs is 1. The molecule has 0 spiro atoms. The van der Waals surface area contributed by atoms with Crippen LogP contribution in [-0.4, -0.2) is 18.1 Å². The van der Waals surface area contributed by atoms with Gasteiger partial charge in [0.1, 0.15) is 24.7 Å². The van der Waals surface area contributed by atoms with E-state index in [9.17, 15) is 4.79 Å². The molecule has 5 nitrogen and oxygen atoms in total. The van der Waals surface area contributed by atoms with Crippen LogP contribution < -0.4 is 9.47 Å². The molecule has 0 saturated carbocycles. The number of ether oxygens (including phenoxy) is 3. The maximum atomic E-state index is 12.1. The molecular formula is C26H22ClNO4. The Labute approximate surface area is 191 Å². The van der Waals surface area contributed by atoms with Crippen molar-refractivity contribution in [2.75, 3.05) is 7.11 Å². The van der Waals surface area contributed by atoms with Crippen molar-refractivity contribution in [3.05, 3.63) is 100 Å². The Morgan fingerprint density at radius 1 is 0.906 bits per heavy atom. The molecule has 4 rings (SSSR count). The lowest BCUT2D eigenvalue weighted by Gasteiger charge is -2.13. The van der Waals surface area contributed by atoms with Gasteiger partial charge in [0.2, 0.25) is 0 Å². The summed E-state index contributed by atoms with van der Waals surface area (Å²) in [5.74, 6) is 0.925. The number of rotatable bonds is 7. The molecule has 0 saturated heterocycles. The van der Waals surface area contributed by atoms with Crippen LogP contribution in [0.25, 0.3) is 10.9 Å². The average molecular weight is 448 g/mol. The highest BCUT2D eigenvalue weighted by Crippen LogP contribution is 2.24. The Kier molecular flexibility index (Phi) is 6.57. The molecule has 162 valence electrons. The van der Waals surface area contributed by atoms with E-state index in [4.69, 9.17) is 25.8 Å². The number of carbonyl (C=O) groups is 1. The topological polar surface area (TPSA) is 57.7 Å². The molecule has 1 aromatic heterocycles. The molecule has 0 atom stereocenters. The Morgan fingerprint density at radius 2 is 1.62 bits per heavy atom. The van der Waals surface area contributed by atoms with Crippen LogP contribution in [0.2, 0.25) is 5.02 Å². The summed E-state index contributed by atoms with van der Waals surface area (Å²) in [5, 5.41) is 1.67. The van der Waals surface area contributed by atoms with E-state index in [1.807, 2.05) is 79.7 Å². The molecule has 32 heavy (non-hydrogen) atoms. The van der Waals surface area contributed by atoms with E-state index < -0.39 is 0 Å². The summed E-state index contributed by atoms with van der Waals surface area (Å²) in [6, 6.07) is 22.5. The molecule has 0 fully saturated rings. The second-order valence-electron chi connectivity index (χ2n) is 7.29. The van der Waals surface area contributed by atoms with E-state index in [0.29, 0.717) is 28.7 Å². The van der Waals surface area contributed by atoms with Gasteiger partial charge in [0.15, 0.2) is 0 Å². The zero-order valence-electron chi connectivity index (χ0n) is 17.8. The predicted octanol–water partition coefficient (Wildman–Crippen LogP) is 6.14. The van der Waals surface area contributed by atoms with Crippen molar-refractivity contribution in [2.24, 2.45) is 0 Å². The largest absolute Gasteiger partial charge is 0.489 e. The Morgan fingerprint density at radius 3 is 2.41 bits per heavy atom. The fraction of sp³-hybridized carbons (Fsp3) is 0.154. The van der Waals surface area contributed by atoms with Gasteiger partial charge in [-0.1, -0.05) is 48.0 Å². The second-order valence-corrected chi connectivity index (χ2v) is 7.73. The van der Waals surface area contributed by atoms with Crippen molar-refractivity contribution in [1.29, 1.82) is 0 Å². The van der Waals surface area contributed by atoms with Crippen LogP contribution >= 0.6 is 11.6 Å². The number of aryl methyl sites for hydroxylation is 1. The average Bonchev–Trinajstić information content (AvgIpc) is 2.81. The third-order valence-corrected chi connectivity index (χ3v) is 5.28. The normalized spacial score (nSPS) is 10.7. The van der Waals surface area contributed by atoms with E-state index in [-0.39, 0.29) is 12.6 Å². The Bertz CT molecular complexity index is 1270. The fourth-order valence-electron chi connectivity index (χ4n) is 3.43. The van der Waals surface area contributed by atoms with Gasteiger partial charge in [-0.25, -0.2) is 9.78 Å². The van der Waals surface area contributed by atoms with E-state index in [0.717, 1.165) is 27.7 Å². The van der Waals surface area contributed by atoms with Crippen LogP contribution in [0.3, 0.4) is 0 Å². The number of methoxy groups -OCH3 is 1. The summed E-state index contributed by atoms with van der Waals surface area (Å²) >= 11 is 6.07. The first kappa shape index (κ1) is 21.7. The number of benzene rings is 3. The van der Waals surface area contributed by atoms with Crippen molar-refractivity contribution < 1.29 is 19.0 Å². The molecule has 0 aliphatic rings. The smallest absolute Gasteiger partial charge is 0.338 e. The molecule has 0 amide bonds. The highest BCUT2D eigenvalue weighted by atomic mass is 35.5. The van der Waals surface area contributed by atoms with Crippen molar-refractivity contribution in [2.45, 2.75) is 20.1 Å². The molecule has 1 heterocycles. The maximum Gasteiger partial charge on any atom is 0.338 e. The van der Waals surface area contributed by atoms with E-state index >= 15 is 0 Å². The van der Waals surface area contributed by atoms with Crippen molar-refractivity contribution in [3.8, 4) is 11.5 Å². The predicted molar refractivity (Wildman–Crippen MR) is 124 cm³/mol. The number of nitrogens with zero attached hydrogens (tertiary/aromatic N) is 1. The molecule has 0 aliphatic heterocycles. The lowest BCUT2D eigenvalue weighted by Crippen LogP contribution is -2.10.